The van der Waals surface area contributed by atoms with Crippen LogP contribution in [0.25, 0.3) is 0 Å². The van der Waals surface area contributed by atoms with Gasteiger partial charge in [0.1, 0.15) is 11.3 Å². The number of aromatic nitrogens is 2. The van der Waals surface area contributed by atoms with Crippen LogP contribution in [-0.2, 0) is 6.18 Å². The van der Waals surface area contributed by atoms with Crippen LogP contribution >= 0.6 is 0 Å². The van der Waals surface area contributed by atoms with E-state index in [2.05, 4.69) is 9.97 Å². The first-order valence-corrected chi connectivity index (χ1v) is 9.81. The van der Waals surface area contributed by atoms with E-state index >= 15 is 0 Å². The van der Waals surface area contributed by atoms with Gasteiger partial charge in [0.05, 0.1) is 6.10 Å². The van der Waals surface area contributed by atoms with Gasteiger partial charge in [0.15, 0.2) is 5.82 Å². The monoisotopic (exact) mass is 430 g/mol. The zero-order valence-corrected chi connectivity index (χ0v) is 18.1. The van der Waals surface area contributed by atoms with Crippen molar-refractivity contribution in [3.05, 3.63) is 65.9 Å². The van der Waals surface area contributed by atoms with E-state index in [0.717, 1.165) is 17.4 Å². The van der Waals surface area contributed by atoms with Crippen LogP contribution in [0.5, 0.6) is 5.75 Å². The maximum absolute atomic E-state index is 13.7. The summed E-state index contributed by atoms with van der Waals surface area (Å²) in [6.07, 6.45) is -3.71. The predicted molar refractivity (Wildman–Crippen MR) is 117 cm³/mol. The third-order valence-electron chi connectivity index (χ3n) is 4.70. The average Bonchev–Trinajstić information content (AvgIpc) is 2.72. The molecule has 1 aromatic heterocycles. The van der Waals surface area contributed by atoms with Gasteiger partial charge in [-0.1, -0.05) is 17.7 Å². The fraction of sp³-hybridized carbons (Fsp3) is 0.304. The first kappa shape index (κ1) is 22.4. The molecule has 0 spiro atoms. The third-order valence-corrected chi connectivity index (χ3v) is 4.70. The van der Waals surface area contributed by atoms with Crippen molar-refractivity contribution in [2.24, 2.45) is 0 Å². The molecular formula is C23H25F3N4O. The van der Waals surface area contributed by atoms with Gasteiger partial charge in [-0.2, -0.15) is 18.2 Å². The van der Waals surface area contributed by atoms with Gasteiger partial charge in [0.25, 0.3) is 0 Å². The molecule has 0 fully saturated rings. The minimum absolute atomic E-state index is 0.0432. The van der Waals surface area contributed by atoms with Crippen LogP contribution in [0.3, 0.4) is 0 Å². The Hall–Kier alpha value is -3.29. The third kappa shape index (κ3) is 5.25. The van der Waals surface area contributed by atoms with Crippen LogP contribution in [-0.4, -0.2) is 30.2 Å². The number of anilines is 4. The van der Waals surface area contributed by atoms with E-state index in [4.69, 9.17) is 4.74 Å². The van der Waals surface area contributed by atoms with E-state index < -0.39 is 11.7 Å². The average molecular weight is 430 g/mol. The maximum atomic E-state index is 13.7. The van der Waals surface area contributed by atoms with Crippen LogP contribution in [0, 0.1) is 6.92 Å². The highest BCUT2D eigenvalue weighted by Gasteiger charge is 2.37. The van der Waals surface area contributed by atoms with Crippen molar-refractivity contribution in [3.63, 3.8) is 0 Å². The Bertz CT molecular complexity index is 1020. The quantitative estimate of drug-likeness (QED) is 0.471. The number of benzene rings is 2. The number of rotatable bonds is 6. The topological polar surface area (TPSA) is 41.5 Å². The number of ether oxygens (including phenoxy) is 1. The number of halogens is 3. The summed E-state index contributed by atoms with van der Waals surface area (Å²) in [5.74, 6) is 0.646. The molecule has 2 aromatic carbocycles. The molecule has 5 nitrogen and oxygen atoms in total. The molecule has 164 valence electrons. The smallest absolute Gasteiger partial charge is 0.421 e. The van der Waals surface area contributed by atoms with Crippen molar-refractivity contribution in [1.82, 2.24) is 9.97 Å². The second kappa shape index (κ2) is 8.83. The highest BCUT2D eigenvalue weighted by Crippen LogP contribution is 2.38. The van der Waals surface area contributed by atoms with Crippen LogP contribution in [0.2, 0.25) is 0 Å². The standard InChI is InChI=1S/C23H25F3N4O/c1-15(2)31-19-12-10-18(11-13-19)30(5)22-27-14-20(23(24,25)26)21(28-22)29(4)17-8-6-16(3)7-9-17/h6-15H,1-5H3. The molecule has 0 amide bonds. The SMILES string of the molecule is Cc1ccc(N(C)c2nc(N(C)c3ccc(OC(C)C)cc3)ncc2C(F)(F)F)cc1. The van der Waals surface area contributed by atoms with Gasteiger partial charge in [-0.3, -0.25) is 0 Å². The van der Waals surface area contributed by atoms with Gasteiger partial charge in [-0.05, 0) is 57.2 Å². The summed E-state index contributed by atoms with van der Waals surface area (Å²) in [6.45, 7) is 5.78. The van der Waals surface area contributed by atoms with Crippen LogP contribution < -0.4 is 14.5 Å². The second-order valence-electron chi connectivity index (χ2n) is 7.52. The lowest BCUT2D eigenvalue weighted by atomic mass is 10.2. The lowest BCUT2D eigenvalue weighted by Gasteiger charge is -2.25. The first-order valence-electron chi connectivity index (χ1n) is 9.81. The van der Waals surface area contributed by atoms with Crippen molar-refractivity contribution >= 4 is 23.1 Å². The zero-order chi connectivity index (χ0) is 22.8. The zero-order valence-electron chi connectivity index (χ0n) is 18.1. The molecule has 0 N–H and O–H groups in total. The van der Waals surface area contributed by atoms with Crippen LogP contribution in [0.1, 0.15) is 25.0 Å². The van der Waals surface area contributed by atoms with E-state index in [1.54, 1.807) is 43.3 Å². The fourth-order valence-corrected chi connectivity index (χ4v) is 3.01. The van der Waals surface area contributed by atoms with E-state index in [0.29, 0.717) is 11.4 Å². The molecule has 0 radical (unpaired) electrons. The molecule has 31 heavy (non-hydrogen) atoms. The Labute approximate surface area is 180 Å². The molecular weight excluding hydrogens is 405 g/mol. The normalized spacial score (nSPS) is 11.5. The van der Waals surface area contributed by atoms with Gasteiger partial charge < -0.3 is 14.5 Å². The largest absolute Gasteiger partial charge is 0.491 e. The van der Waals surface area contributed by atoms with Crippen molar-refractivity contribution in [3.8, 4) is 5.75 Å². The Balaban J connectivity index is 1.98. The summed E-state index contributed by atoms with van der Waals surface area (Å²) in [5, 5.41) is 0. The summed E-state index contributed by atoms with van der Waals surface area (Å²) in [7, 11) is 3.26. The van der Waals surface area contributed by atoms with E-state index in [1.165, 1.54) is 4.90 Å². The molecule has 0 saturated carbocycles. The number of aryl methyl sites for hydroxylation is 1. The summed E-state index contributed by atoms with van der Waals surface area (Å²) in [5.41, 5.74) is 1.44. The Morgan fingerprint density at radius 1 is 0.871 bits per heavy atom. The Morgan fingerprint density at radius 2 is 1.42 bits per heavy atom. The second-order valence-corrected chi connectivity index (χ2v) is 7.52. The van der Waals surface area contributed by atoms with Gasteiger partial charge >= 0.3 is 6.18 Å². The molecule has 0 bridgehead atoms. The highest BCUT2D eigenvalue weighted by molar-refractivity contribution is 5.66. The number of alkyl halides is 3. The molecule has 3 rings (SSSR count). The van der Waals surface area contributed by atoms with Crippen molar-refractivity contribution < 1.29 is 17.9 Å². The maximum Gasteiger partial charge on any atom is 0.421 e. The summed E-state index contributed by atoms with van der Waals surface area (Å²) >= 11 is 0. The summed E-state index contributed by atoms with van der Waals surface area (Å²) in [4.78, 5) is 11.3. The van der Waals surface area contributed by atoms with E-state index in [9.17, 15) is 13.2 Å². The van der Waals surface area contributed by atoms with Crippen LogP contribution in [0.15, 0.2) is 54.7 Å². The molecule has 0 aliphatic heterocycles. The van der Waals surface area contributed by atoms with Crippen molar-refractivity contribution in [1.29, 1.82) is 0 Å². The Morgan fingerprint density at radius 3 is 1.97 bits per heavy atom. The molecule has 0 saturated heterocycles. The fourth-order valence-electron chi connectivity index (χ4n) is 3.01. The van der Waals surface area contributed by atoms with Gasteiger partial charge in [0, 0.05) is 31.7 Å². The van der Waals surface area contributed by atoms with Crippen molar-refractivity contribution in [2.45, 2.75) is 33.1 Å². The summed E-state index contributed by atoms with van der Waals surface area (Å²) < 4.78 is 46.6. The minimum Gasteiger partial charge on any atom is -0.491 e. The minimum atomic E-state index is -4.58. The van der Waals surface area contributed by atoms with Gasteiger partial charge in [0.2, 0.25) is 5.95 Å². The predicted octanol–water partition coefficient (Wildman–Crippen LogP) is 6.13. The molecule has 0 aliphatic rings. The molecule has 8 heteroatoms. The summed E-state index contributed by atoms with van der Waals surface area (Å²) in [6, 6.07) is 14.4. The molecule has 0 atom stereocenters. The highest BCUT2D eigenvalue weighted by atomic mass is 19.4. The van der Waals surface area contributed by atoms with E-state index in [-0.39, 0.29) is 17.9 Å². The molecule has 3 aromatic rings. The first-order chi connectivity index (χ1) is 14.6. The van der Waals surface area contributed by atoms with Gasteiger partial charge in [-0.25, -0.2) is 4.98 Å². The van der Waals surface area contributed by atoms with Crippen LogP contribution in [0.4, 0.5) is 36.3 Å². The van der Waals surface area contributed by atoms with E-state index in [1.807, 2.05) is 45.0 Å². The van der Waals surface area contributed by atoms with Crippen molar-refractivity contribution in [2.75, 3.05) is 23.9 Å². The van der Waals surface area contributed by atoms with Gasteiger partial charge in [-0.15, -0.1) is 0 Å². The number of nitrogens with zero attached hydrogens (tertiary/aromatic N) is 4. The molecule has 1 heterocycles. The molecule has 0 aliphatic carbocycles. The molecule has 0 unspecified atom stereocenters. The number of hydrogen-bond donors (Lipinski definition) is 0. The number of hydrogen-bond acceptors (Lipinski definition) is 5. The lowest BCUT2D eigenvalue weighted by molar-refractivity contribution is -0.137. The Kier molecular flexibility index (Phi) is 6.38. The lowest BCUT2D eigenvalue weighted by Crippen LogP contribution is -2.21.